The van der Waals surface area contributed by atoms with Crippen LogP contribution in [0.5, 0.6) is 0 Å². The van der Waals surface area contributed by atoms with Gasteiger partial charge in [0.1, 0.15) is 0 Å². The van der Waals surface area contributed by atoms with Gasteiger partial charge in [-0.1, -0.05) is 20.3 Å². The van der Waals surface area contributed by atoms with E-state index < -0.39 is 6.10 Å². The molecular weight excluding hydrogens is 230 g/mol. The van der Waals surface area contributed by atoms with E-state index in [9.17, 15) is 5.11 Å². The molecule has 0 aliphatic heterocycles. The van der Waals surface area contributed by atoms with Gasteiger partial charge in [-0.05, 0) is 26.3 Å². The summed E-state index contributed by atoms with van der Waals surface area (Å²) < 4.78 is 10.2. The third-order valence-electron chi connectivity index (χ3n) is 3.20. The van der Waals surface area contributed by atoms with Crippen molar-refractivity contribution < 1.29 is 14.6 Å². The van der Waals surface area contributed by atoms with Crippen molar-refractivity contribution in [3.63, 3.8) is 0 Å². The molecule has 0 amide bonds. The van der Waals surface area contributed by atoms with E-state index in [1.54, 1.807) is 7.11 Å². The van der Waals surface area contributed by atoms with Gasteiger partial charge in [0, 0.05) is 19.7 Å². The van der Waals surface area contributed by atoms with Crippen molar-refractivity contribution in [2.24, 2.45) is 0 Å². The Morgan fingerprint density at radius 2 is 1.94 bits per heavy atom. The number of rotatable bonds is 12. The first-order chi connectivity index (χ1) is 8.65. The maximum atomic E-state index is 9.96. The fourth-order valence-corrected chi connectivity index (χ4v) is 1.80. The first kappa shape index (κ1) is 17.8. The number of hydrogen-bond donors (Lipinski definition) is 1. The second kappa shape index (κ2) is 11.9. The van der Waals surface area contributed by atoms with Crippen LogP contribution in [0, 0.1) is 0 Å². The van der Waals surface area contributed by atoms with Gasteiger partial charge in [-0.3, -0.25) is 4.90 Å². The first-order valence-corrected chi connectivity index (χ1v) is 7.14. The molecule has 4 heteroatoms. The van der Waals surface area contributed by atoms with Crippen LogP contribution in [0.25, 0.3) is 0 Å². The normalized spacial score (nSPS) is 15.0. The predicted octanol–water partition coefficient (Wildman–Crippen LogP) is 1.91. The molecule has 18 heavy (non-hydrogen) atoms. The zero-order chi connectivity index (χ0) is 13.8. The van der Waals surface area contributed by atoms with Crippen LogP contribution >= 0.6 is 0 Å². The lowest BCUT2D eigenvalue weighted by Gasteiger charge is -2.30. The Morgan fingerprint density at radius 3 is 2.50 bits per heavy atom. The topological polar surface area (TPSA) is 41.9 Å². The largest absolute Gasteiger partial charge is 0.389 e. The number of aliphatic hydroxyl groups is 1. The van der Waals surface area contributed by atoms with Crippen LogP contribution in [0.4, 0.5) is 0 Å². The number of ether oxygens (including phenoxy) is 2. The minimum Gasteiger partial charge on any atom is -0.389 e. The molecule has 0 heterocycles. The molecule has 2 unspecified atom stereocenters. The Bertz CT molecular complexity index is 178. The van der Waals surface area contributed by atoms with E-state index in [-0.39, 0.29) is 0 Å². The highest BCUT2D eigenvalue weighted by atomic mass is 16.5. The Morgan fingerprint density at radius 1 is 1.22 bits per heavy atom. The van der Waals surface area contributed by atoms with E-state index in [1.807, 2.05) is 0 Å². The van der Waals surface area contributed by atoms with Gasteiger partial charge in [-0.25, -0.2) is 0 Å². The van der Waals surface area contributed by atoms with Gasteiger partial charge >= 0.3 is 0 Å². The van der Waals surface area contributed by atoms with Gasteiger partial charge in [0.15, 0.2) is 0 Å². The fourth-order valence-electron chi connectivity index (χ4n) is 1.80. The number of nitrogens with zero attached hydrogens (tertiary/aromatic N) is 1. The van der Waals surface area contributed by atoms with Crippen molar-refractivity contribution in [2.45, 2.75) is 52.2 Å². The van der Waals surface area contributed by atoms with Gasteiger partial charge < -0.3 is 14.6 Å². The van der Waals surface area contributed by atoms with Crippen LogP contribution in [0.2, 0.25) is 0 Å². The Balaban J connectivity index is 3.89. The summed E-state index contributed by atoms with van der Waals surface area (Å²) in [5, 5.41) is 9.96. The molecule has 0 aromatic heterocycles. The molecular formula is C14H31NO3. The molecule has 0 radical (unpaired) electrons. The SMILES string of the molecule is CCCCN(CC(O)COCCOC)C(C)CC. The van der Waals surface area contributed by atoms with Crippen LogP contribution in [-0.4, -0.2) is 62.2 Å². The van der Waals surface area contributed by atoms with Crippen molar-refractivity contribution in [1.29, 1.82) is 0 Å². The lowest BCUT2D eigenvalue weighted by atomic mass is 10.2. The van der Waals surface area contributed by atoms with E-state index in [2.05, 4.69) is 25.7 Å². The summed E-state index contributed by atoms with van der Waals surface area (Å²) in [5.41, 5.74) is 0. The average Bonchev–Trinajstić information content (AvgIpc) is 2.38. The summed E-state index contributed by atoms with van der Waals surface area (Å²) in [6, 6.07) is 0.519. The molecule has 0 aliphatic carbocycles. The number of aliphatic hydroxyl groups excluding tert-OH is 1. The molecule has 0 spiro atoms. The number of unbranched alkanes of at least 4 members (excludes halogenated alkanes) is 1. The van der Waals surface area contributed by atoms with Crippen LogP contribution < -0.4 is 0 Å². The lowest BCUT2D eigenvalue weighted by Crippen LogP contribution is -2.41. The highest BCUT2D eigenvalue weighted by molar-refractivity contribution is 4.70. The molecule has 0 aromatic carbocycles. The maximum absolute atomic E-state index is 9.96. The van der Waals surface area contributed by atoms with Crippen molar-refractivity contribution in [1.82, 2.24) is 4.90 Å². The van der Waals surface area contributed by atoms with Gasteiger partial charge in [0.25, 0.3) is 0 Å². The Labute approximate surface area is 112 Å². The Hall–Kier alpha value is -0.160. The molecule has 0 aromatic rings. The summed E-state index contributed by atoms with van der Waals surface area (Å²) in [4.78, 5) is 2.36. The fraction of sp³-hybridized carbons (Fsp3) is 1.00. The van der Waals surface area contributed by atoms with Crippen LogP contribution in [-0.2, 0) is 9.47 Å². The molecule has 0 aliphatic rings. The number of methoxy groups -OCH3 is 1. The highest BCUT2D eigenvalue weighted by Crippen LogP contribution is 2.07. The molecule has 4 nitrogen and oxygen atoms in total. The molecule has 0 saturated heterocycles. The monoisotopic (exact) mass is 261 g/mol. The molecule has 0 bridgehead atoms. The molecule has 2 atom stereocenters. The maximum Gasteiger partial charge on any atom is 0.0900 e. The van der Waals surface area contributed by atoms with E-state index in [4.69, 9.17) is 9.47 Å². The van der Waals surface area contributed by atoms with Gasteiger partial charge in [-0.15, -0.1) is 0 Å². The Kier molecular flexibility index (Phi) is 11.8. The molecule has 0 fully saturated rings. The van der Waals surface area contributed by atoms with Crippen molar-refractivity contribution in [3.8, 4) is 0 Å². The molecule has 0 saturated carbocycles. The third kappa shape index (κ3) is 8.86. The van der Waals surface area contributed by atoms with Crippen molar-refractivity contribution in [2.75, 3.05) is 40.0 Å². The smallest absolute Gasteiger partial charge is 0.0900 e. The summed E-state index contributed by atoms with van der Waals surface area (Å²) in [6.07, 6.45) is 3.07. The van der Waals surface area contributed by atoms with Crippen molar-refractivity contribution >= 4 is 0 Å². The van der Waals surface area contributed by atoms with E-state index in [0.29, 0.717) is 32.4 Å². The summed E-state index contributed by atoms with van der Waals surface area (Å²) >= 11 is 0. The first-order valence-electron chi connectivity index (χ1n) is 7.14. The van der Waals surface area contributed by atoms with Gasteiger partial charge in [-0.2, -0.15) is 0 Å². The quantitative estimate of drug-likeness (QED) is 0.545. The molecule has 110 valence electrons. The predicted molar refractivity (Wildman–Crippen MR) is 74.9 cm³/mol. The standard InChI is InChI=1S/C14H31NO3/c1-5-7-8-15(13(3)6-2)11-14(16)12-18-10-9-17-4/h13-14,16H,5-12H2,1-4H3. The zero-order valence-electron chi connectivity index (χ0n) is 12.5. The van der Waals surface area contributed by atoms with Crippen LogP contribution in [0.1, 0.15) is 40.0 Å². The average molecular weight is 261 g/mol. The van der Waals surface area contributed by atoms with Crippen LogP contribution in [0.15, 0.2) is 0 Å². The number of hydrogen-bond acceptors (Lipinski definition) is 4. The minimum absolute atomic E-state index is 0.391. The second-order valence-corrected chi connectivity index (χ2v) is 4.83. The second-order valence-electron chi connectivity index (χ2n) is 4.83. The third-order valence-corrected chi connectivity index (χ3v) is 3.20. The van der Waals surface area contributed by atoms with E-state index in [1.165, 1.54) is 12.8 Å². The van der Waals surface area contributed by atoms with Crippen LogP contribution in [0.3, 0.4) is 0 Å². The zero-order valence-corrected chi connectivity index (χ0v) is 12.5. The minimum atomic E-state index is -0.410. The molecule has 1 N–H and O–H groups in total. The molecule has 0 rings (SSSR count). The van der Waals surface area contributed by atoms with Gasteiger partial charge in [0.2, 0.25) is 0 Å². The summed E-state index contributed by atoms with van der Waals surface area (Å²) in [6.45, 7) is 9.87. The van der Waals surface area contributed by atoms with E-state index >= 15 is 0 Å². The summed E-state index contributed by atoms with van der Waals surface area (Å²) in [5.74, 6) is 0. The van der Waals surface area contributed by atoms with Crippen molar-refractivity contribution in [3.05, 3.63) is 0 Å². The highest BCUT2D eigenvalue weighted by Gasteiger charge is 2.16. The lowest BCUT2D eigenvalue weighted by molar-refractivity contribution is -0.00584. The summed E-state index contributed by atoms with van der Waals surface area (Å²) in [7, 11) is 1.65. The van der Waals surface area contributed by atoms with Gasteiger partial charge in [0.05, 0.1) is 25.9 Å². The van der Waals surface area contributed by atoms with E-state index in [0.717, 1.165) is 13.0 Å².